The highest BCUT2D eigenvalue weighted by Gasteiger charge is 2.25. The van der Waals surface area contributed by atoms with Gasteiger partial charge in [-0.15, -0.1) is 0 Å². The Kier molecular flexibility index (Phi) is 9.39. The minimum atomic E-state index is -0.512. The van der Waals surface area contributed by atoms with Crippen molar-refractivity contribution < 1.29 is 14.3 Å². The van der Waals surface area contributed by atoms with Crippen LogP contribution in [0.25, 0.3) is 0 Å². The second kappa shape index (κ2) is 12.0. The van der Waals surface area contributed by atoms with E-state index in [0.29, 0.717) is 32.4 Å². The van der Waals surface area contributed by atoms with Crippen molar-refractivity contribution in [3.8, 4) is 5.75 Å². The molecule has 0 saturated heterocycles. The predicted octanol–water partition coefficient (Wildman–Crippen LogP) is 4.14. The van der Waals surface area contributed by atoms with Crippen molar-refractivity contribution in [1.82, 2.24) is 10.2 Å². The van der Waals surface area contributed by atoms with Crippen molar-refractivity contribution in [3.05, 3.63) is 65.7 Å². The van der Waals surface area contributed by atoms with Crippen LogP contribution in [-0.2, 0) is 16.0 Å². The van der Waals surface area contributed by atoms with Crippen LogP contribution in [0.2, 0.25) is 0 Å². The number of rotatable bonds is 11. The van der Waals surface area contributed by atoms with E-state index in [1.807, 2.05) is 75.4 Å². The molecule has 2 aromatic carbocycles. The first-order chi connectivity index (χ1) is 14.4. The Morgan fingerprint density at radius 2 is 1.67 bits per heavy atom. The first-order valence-corrected chi connectivity index (χ1v) is 10.7. The van der Waals surface area contributed by atoms with Gasteiger partial charge in [0.15, 0.2) is 0 Å². The molecule has 0 spiro atoms. The molecular weight excluding hydrogens is 376 g/mol. The van der Waals surface area contributed by atoms with Gasteiger partial charge in [0.1, 0.15) is 11.8 Å². The van der Waals surface area contributed by atoms with Crippen LogP contribution in [-0.4, -0.2) is 41.9 Å². The predicted molar refractivity (Wildman–Crippen MR) is 121 cm³/mol. The quantitative estimate of drug-likeness (QED) is 0.567. The van der Waals surface area contributed by atoms with E-state index in [2.05, 4.69) is 5.32 Å². The number of ether oxygens (including phenoxy) is 1. The number of nitrogens with one attached hydrogen (secondary N) is 1. The van der Waals surface area contributed by atoms with Gasteiger partial charge in [-0.05, 0) is 58.2 Å². The van der Waals surface area contributed by atoms with Crippen molar-refractivity contribution in [2.75, 3.05) is 13.2 Å². The second-order valence-corrected chi connectivity index (χ2v) is 7.93. The maximum Gasteiger partial charge on any atom is 0.242 e. The van der Waals surface area contributed by atoms with Gasteiger partial charge in [0.05, 0.1) is 6.61 Å². The summed E-state index contributed by atoms with van der Waals surface area (Å²) in [6.45, 7) is 8.64. The zero-order chi connectivity index (χ0) is 21.9. The van der Waals surface area contributed by atoms with Crippen LogP contribution in [0.15, 0.2) is 54.6 Å². The number of aryl methyl sites for hydroxylation is 1. The van der Waals surface area contributed by atoms with Crippen molar-refractivity contribution in [2.24, 2.45) is 0 Å². The van der Waals surface area contributed by atoms with E-state index in [1.54, 1.807) is 11.8 Å². The molecule has 0 aromatic heterocycles. The molecule has 162 valence electrons. The Labute approximate surface area is 180 Å². The minimum absolute atomic E-state index is 0.0233. The third-order valence-electron chi connectivity index (χ3n) is 4.91. The van der Waals surface area contributed by atoms with Crippen molar-refractivity contribution in [1.29, 1.82) is 0 Å². The van der Waals surface area contributed by atoms with E-state index >= 15 is 0 Å². The molecule has 0 radical (unpaired) electrons. The van der Waals surface area contributed by atoms with Gasteiger partial charge in [-0.3, -0.25) is 9.59 Å². The van der Waals surface area contributed by atoms with Gasteiger partial charge in [-0.2, -0.15) is 0 Å². The normalized spacial score (nSPS) is 11.8. The summed E-state index contributed by atoms with van der Waals surface area (Å²) in [6, 6.07) is 17.4. The number of carbonyl (C=O) groups is 2. The van der Waals surface area contributed by atoms with Gasteiger partial charge in [0.2, 0.25) is 11.8 Å². The average Bonchev–Trinajstić information content (AvgIpc) is 2.72. The molecule has 30 heavy (non-hydrogen) atoms. The lowest BCUT2D eigenvalue weighted by Gasteiger charge is -2.29. The molecule has 2 amide bonds. The first kappa shape index (κ1) is 23.5. The van der Waals surface area contributed by atoms with E-state index in [0.717, 1.165) is 11.3 Å². The Balaban J connectivity index is 1.92. The fourth-order valence-corrected chi connectivity index (χ4v) is 3.17. The van der Waals surface area contributed by atoms with Gasteiger partial charge in [-0.25, -0.2) is 0 Å². The molecule has 2 rings (SSSR count). The zero-order valence-corrected chi connectivity index (χ0v) is 18.6. The molecule has 2 aromatic rings. The number of hydrogen-bond acceptors (Lipinski definition) is 3. The van der Waals surface area contributed by atoms with E-state index in [9.17, 15) is 9.59 Å². The number of amides is 2. The molecule has 0 aliphatic rings. The van der Waals surface area contributed by atoms with E-state index in [1.165, 1.54) is 5.56 Å². The summed E-state index contributed by atoms with van der Waals surface area (Å²) in [5.41, 5.74) is 2.33. The third kappa shape index (κ3) is 7.90. The molecule has 5 heteroatoms. The van der Waals surface area contributed by atoms with Crippen LogP contribution in [0.4, 0.5) is 0 Å². The van der Waals surface area contributed by atoms with Crippen LogP contribution in [0.3, 0.4) is 0 Å². The Morgan fingerprint density at radius 3 is 2.30 bits per heavy atom. The van der Waals surface area contributed by atoms with Crippen LogP contribution in [0.1, 0.15) is 44.7 Å². The number of carbonyl (C=O) groups excluding carboxylic acids is 2. The van der Waals surface area contributed by atoms with Crippen LogP contribution in [0, 0.1) is 6.92 Å². The van der Waals surface area contributed by atoms with E-state index in [-0.39, 0.29) is 17.9 Å². The molecule has 0 bridgehead atoms. The fraction of sp³-hybridized carbons (Fsp3) is 0.440. The van der Waals surface area contributed by atoms with E-state index < -0.39 is 6.04 Å². The van der Waals surface area contributed by atoms with Crippen LogP contribution < -0.4 is 10.1 Å². The number of hydrogen-bond donors (Lipinski definition) is 1. The topological polar surface area (TPSA) is 58.6 Å². The van der Waals surface area contributed by atoms with Gasteiger partial charge in [0, 0.05) is 19.0 Å². The summed E-state index contributed by atoms with van der Waals surface area (Å²) in [6.07, 6.45) is 1.67. The molecule has 1 atom stereocenters. The second-order valence-electron chi connectivity index (χ2n) is 7.93. The van der Waals surface area contributed by atoms with Crippen LogP contribution >= 0.6 is 0 Å². The molecule has 5 nitrogen and oxygen atoms in total. The summed E-state index contributed by atoms with van der Waals surface area (Å²) in [5, 5.41) is 2.91. The average molecular weight is 411 g/mol. The lowest BCUT2D eigenvalue weighted by molar-refractivity contribution is -0.140. The Hall–Kier alpha value is -2.82. The van der Waals surface area contributed by atoms with Crippen molar-refractivity contribution >= 4 is 11.8 Å². The molecule has 0 fully saturated rings. The smallest absolute Gasteiger partial charge is 0.242 e. The molecule has 0 heterocycles. The summed E-state index contributed by atoms with van der Waals surface area (Å²) < 4.78 is 5.73. The number of nitrogens with zero attached hydrogens (tertiary/aromatic N) is 1. The Morgan fingerprint density at radius 1 is 1.00 bits per heavy atom. The number of benzene rings is 2. The van der Waals surface area contributed by atoms with Crippen molar-refractivity contribution in [3.63, 3.8) is 0 Å². The molecule has 0 aliphatic carbocycles. The largest absolute Gasteiger partial charge is 0.494 e. The Bertz CT molecular complexity index is 788. The van der Waals surface area contributed by atoms with Gasteiger partial charge >= 0.3 is 0 Å². The monoisotopic (exact) mass is 410 g/mol. The lowest BCUT2D eigenvalue weighted by Crippen LogP contribution is -2.50. The minimum Gasteiger partial charge on any atom is -0.494 e. The lowest BCUT2D eigenvalue weighted by atomic mass is 10.1. The molecule has 1 N–H and O–H groups in total. The van der Waals surface area contributed by atoms with Gasteiger partial charge in [0.25, 0.3) is 0 Å². The summed E-state index contributed by atoms with van der Waals surface area (Å²) in [4.78, 5) is 27.2. The SMILES string of the molecule is Cc1ccc(OCCCC(=O)N(CCc2ccccc2)[C@@H](C)C(=O)NC(C)C)cc1. The summed E-state index contributed by atoms with van der Waals surface area (Å²) >= 11 is 0. The third-order valence-corrected chi connectivity index (χ3v) is 4.91. The van der Waals surface area contributed by atoms with Gasteiger partial charge in [-0.1, -0.05) is 48.0 Å². The maximum atomic E-state index is 12.9. The standard InChI is InChI=1S/C25H34N2O3/c1-19(2)26-25(29)21(4)27(17-16-22-9-6-5-7-10-22)24(28)11-8-18-30-23-14-12-20(3)13-15-23/h5-7,9-10,12-15,19,21H,8,11,16-18H2,1-4H3,(H,26,29)/t21-/m0/s1. The zero-order valence-electron chi connectivity index (χ0n) is 18.6. The first-order valence-electron chi connectivity index (χ1n) is 10.7. The highest BCUT2D eigenvalue weighted by atomic mass is 16.5. The highest BCUT2D eigenvalue weighted by Crippen LogP contribution is 2.13. The molecular formula is C25H34N2O3. The van der Waals surface area contributed by atoms with Gasteiger partial charge < -0.3 is 15.0 Å². The maximum absolute atomic E-state index is 12.9. The fourth-order valence-electron chi connectivity index (χ4n) is 3.17. The molecule has 0 aliphatic heterocycles. The molecule has 0 saturated carbocycles. The van der Waals surface area contributed by atoms with Crippen molar-refractivity contribution in [2.45, 2.75) is 59.0 Å². The summed E-state index contributed by atoms with van der Waals surface area (Å²) in [5.74, 6) is 0.658. The van der Waals surface area contributed by atoms with Crippen LogP contribution in [0.5, 0.6) is 5.75 Å². The summed E-state index contributed by atoms with van der Waals surface area (Å²) in [7, 11) is 0. The van der Waals surface area contributed by atoms with E-state index in [4.69, 9.17) is 4.74 Å². The highest BCUT2D eigenvalue weighted by molar-refractivity contribution is 5.87. The molecule has 0 unspecified atom stereocenters.